The molecule has 5 rings (SSSR count). The molecule has 0 radical (unpaired) electrons. The van der Waals surface area contributed by atoms with Crippen molar-refractivity contribution in [2.45, 2.75) is 6.92 Å². The predicted octanol–water partition coefficient (Wildman–Crippen LogP) is 5.28. The van der Waals surface area contributed by atoms with Crippen molar-refractivity contribution in [3.63, 3.8) is 0 Å². The van der Waals surface area contributed by atoms with Crippen molar-refractivity contribution in [1.29, 1.82) is 0 Å². The molecule has 0 saturated carbocycles. The van der Waals surface area contributed by atoms with E-state index in [4.69, 9.17) is 38.7 Å². The Morgan fingerprint density at radius 2 is 1.78 bits per heavy atom. The van der Waals surface area contributed by atoms with Crippen LogP contribution in [-0.2, 0) is 0 Å². The van der Waals surface area contributed by atoms with Crippen LogP contribution < -0.4 is 21.7 Å². The van der Waals surface area contributed by atoms with Crippen molar-refractivity contribution in [2.24, 2.45) is 0 Å². The van der Waals surface area contributed by atoms with Crippen molar-refractivity contribution in [3.05, 3.63) is 95.6 Å². The number of halogens is 3. The maximum Gasteiger partial charge on any atom is 0.349 e. The maximum atomic E-state index is 12.1. The first-order valence-electron chi connectivity index (χ1n) is 10.4. The molecular formula is C24H15BrCl2N6O3. The highest BCUT2D eigenvalue weighted by molar-refractivity contribution is 9.10. The quantitative estimate of drug-likeness (QED) is 0.293. The lowest BCUT2D eigenvalue weighted by atomic mass is 10.1. The third-order valence-corrected chi connectivity index (χ3v) is 6.31. The number of hydrogen-bond donors (Lipinski definition) is 2. The molecule has 0 aliphatic heterocycles. The molecular weight excluding hydrogens is 571 g/mol. The molecule has 3 N–H and O–H groups in total. The minimum atomic E-state index is -0.787. The van der Waals surface area contributed by atoms with Crippen molar-refractivity contribution < 1.29 is 4.74 Å². The van der Waals surface area contributed by atoms with Crippen molar-refractivity contribution >= 4 is 55.9 Å². The Kier molecular flexibility index (Phi) is 6.25. The van der Waals surface area contributed by atoms with Crippen LogP contribution in [0.15, 0.2) is 68.8 Å². The summed E-state index contributed by atoms with van der Waals surface area (Å²) in [5.41, 5.74) is 7.44. The summed E-state index contributed by atoms with van der Waals surface area (Å²) in [7, 11) is 0. The largest absolute Gasteiger partial charge is 0.454 e. The van der Waals surface area contributed by atoms with Gasteiger partial charge in [0.15, 0.2) is 5.75 Å². The number of aryl methyl sites for hydroxylation is 1. The molecule has 0 aliphatic rings. The summed E-state index contributed by atoms with van der Waals surface area (Å²) < 4.78 is 7.78. The van der Waals surface area contributed by atoms with Gasteiger partial charge in [0.2, 0.25) is 5.82 Å². The molecule has 3 aromatic heterocycles. The number of aromatic nitrogens is 5. The zero-order valence-electron chi connectivity index (χ0n) is 18.4. The van der Waals surface area contributed by atoms with Crippen molar-refractivity contribution in [1.82, 2.24) is 24.7 Å². The third kappa shape index (κ3) is 4.58. The molecule has 0 atom stereocenters. The number of hydrogen-bond acceptors (Lipinski definition) is 7. The summed E-state index contributed by atoms with van der Waals surface area (Å²) in [6.45, 7) is 1.98. The van der Waals surface area contributed by atoms with Gasteiger partial charge in [0.05, 0.1) is 32.6 Å². The Morgan fingerprint density at radius 1 is 1.03 bits per heavy atom. The second kappa shape index (κ2) is 9.38. The fraction of sp³-hybridized carbons (Fsp3) is 0.0417. The number of H-pyrrole nitrogens is 1. The number of nitrogen functional groups attached to an aromatic ring is 1. The number of aromatic amines is 1. The number of fused-ring (bicyclic) bond motifs is 1. The van der Waals surface area contributed by atoms with Gasteiger partial charge in [-0.25, -0.2) is 9.78 Å². The molecule has 5 aromatic rings. The lowest BCUT2D eigenvalue weighted by molar-refractivity contribution is 0.483. The van der Waals surface area contributed by atoms with E-state index in [1.165, 1.54) is 12.1 Å². The molecule has 0 saturated heterocycles. The van der Waals surface area contributed by atoms with E-state index in [1.54, 1.807) is 12.3 Å². The van der Waals surface area contributed by atoms with Crippen LogP contribution in [0.25, 0.3) is 28.0 Å². The van der Waals surface area contributed by atoms with Crippen LogP contribution in [0.2, 0.25) is 10.0 Å². The molecule has 2 aromatic carbocycles. The van der Waals surface area contributed by atoms with Crippen LogP contribution >= 0.6 is 39.1 Å². The normalized spacial score (nSPS) is 11.1. The Morgan fingerprint density at radius 3 is 2.47 bits per heavy atom. The molecule has 9 nitrogen and oxygen atoms in total. The summed E-state index contributed by atoms with van der Waals surface area (Å²) in [6.07, 6.45) is 1.73. The number of nitrogens with one attached hydrogen (secondary N) is 1. The number of nitrogens with two attached hydrogens (primary N) is 1. The predicted molar refractivity (Wildman–Crippen MR) is 142 cm³/mol. The first-order chi connectivity index (χ1) is 17.2. The van der Waals surface area contributed by atoms with Gasteiger partial charge in [-0.1, -0.05) is 23.2 Å². The third-order valence-electron chi connectivity index (χ3n) is 5.28. The van der Waals surface area contributed by atoms with Crippen LogP contribution in [0.1, 0.15) is 5.56 Å². The smallest absolute Gasteiger partial charge is 0.349 e. The summed E-state index contributed by atoms with van der Waals surface area (Å²) in [4.78, 5) is 34.9. The molecule has 36 heavy (non-hydrogen) atoms. The van der Waals surface area contributed by atoms with E-state index in [9.17, 15) is 9.59 Å². The molecule has 12 heteroatoms. The lowest BCUT2D eigenvalue weighted by Gasteiger charge is -2.13. The van der Waals surface area contributed by atoms with E-state index in [0.717, 1.165) is 37.0 Å². The second-order valence-electron chi connectivity index (χ2n) is 7.76. The Balaban J connectivity index is 1.49. The fourth-order valence-corrected chi connectivity index (χ4v) is 4.35. The number of anilines is 1. The highest BCUT2D eigenvalue weighted by Crippen LogP contribution is 2.39. The van der Waals surface area contributed by atoms with Crippen molar-refractivity contribution in [2.75, 3.05) is 5.73 Å². The zero-order chi connectivity index (χ0) is 25.6. The summed E-state index contributed by atoms with van der Waals surface area (Å²) in [5, 5.41) is 4.92. The highest BCUT2D eigenvalue weighted by Gasteiger charge is 2.15. The van der Waals surface area contributed by atoms with Crippen LogP contribution in [0.4, 0.5) is 5.82 Å². The van der Waals surface area contributed by atoms with Gasteiger partial charge in [0, 0.05) is 16.1 Å². The van der Waals surface area contributed by atoms with E-state index in [2.05, 4.69) is 31.0 Å². The maximum absolute atomic E-state index is 12.1. The molecule has 0 bridgehead atoms. The van der Waals surface area contributed by atoms with E-state index in [-0.39, 0.29) is 27.3 Å². The highest BCUT2D eigenvalue weighted by atomic mass is 79.9. The molecule has 0 fully saturated rings. The number of nitrogens with zero attached hydrogens (tertiary/aromatic N) is 4. The lowest BCUT2D eigenvalue weighted by Crippen LogP contribution is -2.33. The number of benzene rings is 2. The Bertz CT molecular complexity index is 1750. The minimum Gasteiger partial charge on any atom is -0.454 e. The molecule has 3 heterocycles. The zero-order valence-corrected chi connectivity index (χ0v) is 21.5. The monoisotopic (exact) mass is 584 g/mol. The number of ether oxygens (including phenoxy) is 1. The van der Waals surface area contributed by atoms with E-state index >= 15 is 0 Å². The first-order valence-corrected chi connectivity index (χ1v) is 11.9. The van der Waals surface area contributed by atoms with E-state index < -0.39 is 11.2 Å². The van der Waals surface area contributed by atoms with Gasteiger partial charge in [-0.15, -0.1) is 5.10 Å². The molecule has 0 spiro atoms. The molecule has 0 aliphatic carbocycles. The molecule has 0 amide bonds. The first kappa shape index (κ1) is 24.0. The number of pyridine rings is 2. The summed E-state index contributed by atoms with van der Waals surface area (Å²) in [5.74, 6) is 0.302. The minimum absolute atomic E-state index is 0.127. The Labute approximate surface area is 221 Å². The number of rotatable bonds is 4. The molecule has 0 unspecified atom stereocenters. The van der Waals surface area contributed by atoms with Gasteiger partial charge in [-0.2, -0.15) is 4.68 Å². The van der Waals surface area contributed by atoms with Gasteiger partial charge in [0.1, 0.15) is 5.75 Å². The standard InChI is InChI=1S/C24H15BrCl2N6O3/c1-11-6-20(19-4-2-12(25)10-29-19)30-18-5-3-14(9-15(11)18)36-21-16(26)7-13(8-17(21)27)33-24(35)31-23(34)22(28)32-33/h2-10H,1H3,(H2,28,32)(H,31,34,35). The van der Waals surface area contributed by atoms with Crippen molar-refractivity contribution in [3.8, 4) is 28.6 Å². The van der Waals surface area contributed by atoms with Gasteiger partial charge in [0.25, 0.3) is 5.56 Å². The van der Waals surface area contributed by atoms with Crippen LogP contribution in [0, 0.1) is 6.92 Å². The molecule has 180 valence electrons. The van der Waals surface area contributed by atoms with Gasteiger partial charge in [-0.05, 0) is 76.9 Å². The van der Waals surface area contributed by atoms with Crippen LogP contribution in [0.3, 0.4) is 0 Å². The summed E-state index contributed by atoms with van der Waals surface area (Å²) >= 11 is 16.2. The van der Waals surface area contributed by atoms with Crippen LogP contribution in [0.5, 0.6) is 11.5 Å². The van der Waals surface area contributed by atoms with Gasteiger partial charge >= 0.3 is 5.69 Å². The van der Waals surface area contributed by atoms with Gasteiger partial charge in [-0.3, -0.25) is 14.8 Å². The topological polar surface area (TPSA) is 129 Å². The summed E-state index contributed by atoms with van der Waals surface area (Å²) in [6, 6.07) is 14.1. The second-order valence-corrected chi connectivity index (χ2v) is 9.49. The Hall–Kier alpha value is -3.73. The SMILES string of the molecule is Cc1cc(-c2ccc(Br)cn2)nc2ccc(Oc3c(Cl)cc(-n4nc(N)c(=O)[nH]c4=O)cc3Cl)cc12. The van der Waals surface area contributed by atoms with E-state index in [1.807, 2.05) is 37.3 Å². The van der Waals surface area contributed by atoms with Gasteiger partial charge < -0.3 is 10.5 Å². The average molecular weight is 586 g/mol. The average Bonchev–Trinajstić information content (AvgIpc) is 2.84. The van der Waals surface area contributed by atoms with Crippen LogP contribution in [-0.4, -0.2) is 24.7 Å². The fourth-order valence-electron chi connectivity index (χ4n) is 3.57. The van der Waals surface area contributed by atoms with E-state index in [0.29, 0.717) is 5.75 Å².